The smallest absolute Gasteiger partial charge is 0.157 e. The van der Waals surface area contributed by atoms with E-state index in [9.17, 15) is 0 Å². The van der Waals surface area contributed by atoms with Gasteiger partial charge in [-0.25, -0.2) is 0 Å². The van der Waals surface area contributed by atoms with Crippen LogP contribution in [0.3, 0.4) is 0 Å². The largest absolute Gasteiger partial charge is 0.352 e. The molecule has 3 atom stereocenters. The summed E-state index contributed by atoms with van der Waals surface area (Å²) in [5.74, 6) is 2.50. The number of fused-ring (bicyclic) bond motifs is 2. The first-order valence-electron chi connectivity index (χ1n) is 7.25. The molecule has 1 heterocycles. The maximum Gasteiger partial charge on any atom is 0.157 e. The van der Waals surface area contributed by atoms with Crippen LogP contribution in [0.15, 0.2) is 0 Å². The third kappa shape index (κ3) is 1.53. The molecule has 3 fully saturated rings. The second-order valence-corrected chi connectivity index (χ2v) is 7.08. The van der Waals surface area contributed by atoms with Gasteiger partial charge in [0.2, 0.25) is 0 Å². The van der Waals surface area contributed by atoms with E-state index < -0.39 is 0 Å². The highest BCUT2D eigenvalue weighted by atomic mass is 16.7. The van der Waals surface area contributed by atoms with Crippen molar-refractivity contribution in [3.63, 3.8) is 0 Å². The van der Waals surface area contributed by atoms with Crippen molar-refractivity contribution in [2.24, 2.45) is 28.6 Å². The number of rotatable bonds is 1. The van der Waals surface area contributed by atoms with Crippen molar-refractivity contribution in [2.45, 2.75) is 53.2 Å². The third-order valence-corrected chi connectivity index (χ3v) is 5.97. The quantitative estimate of drug-likeness (QED) is 0.696. The molecule has 0 amide bonds. The Balaban J connectivity index is 1.81. The summed E-state index contributed by atoms with van der Waals surface area (Å²) >= 11 is 0. The maximum atomic E-state index is 5.96. The van der Waals surface area contributed by atoms with E-state index in [1.807, 2.05) is 0 Å². The van der Waals surface area contributed by atoms with Crippen LogP contribution in [0.1, 0.15) is 47.0 Å². The topological polar surface area (TPSA) is 18.5 Å². The van der Waals surface area contributed by atoms with Gasteiger partial charge < -0.3 is 9.47 Å². The molecule has 2 heteroatoms. The third-order valence-electron chi connectivity index (χ3n) is 5.97. The minimum absolute atomic E-state index is 0.0510. The second-order valence-electron chi connectivity index (χ2n) is 7.08. The monoisotopic (exact) mass is 238 g/mol. The molecule has 2 saturated carbocycles. The highest BCUT2D eigenvalue weighted by Gasteiger charge is 2.70. The lowest BCUT2D eigenvalue weighted by molar-refractivity contribution is -0.252. The van der Waals surface area contributed by atoms with Gasteiger partial charge in [0.1, 0.15) is 0 Å². The zero-order valence-corrected chi connectivity index (χ0v) is 11.7. The average Bonchev–Trinajstić information content (AvgIpc) is 2.89. The molecule has 0 aromatic rings. The first-order chi connectivity index (χ1) is 8.02. The van der Waals surface area contributed by atoms with E-state index in [0.717, 1.165) is 37.4 Å². The summed E-state index contributed by atoms with van der Waals surface area (Å²) < 4.78 is 11.9. The van der Waals surface area contributed by atoms with Gasteiger partial charge in [0.05, 0.1) is 13.2 Å². The molecule has 17 heavy (non-hydrogen) atoms. The number of hydrogen-bond donors (Lipinski definition) is 0. The summed E-state index contributed by atoms with van der Waals surface area (Å²) in [5.41, 5.74) is 0.842. The van der Waals surface area contributed by atoms with Crippen LogP contribution in [0, 0.1) is 28.6 Å². The minimum atomic E-state index is 0.0510. The Morgan fingerprint density at radius 3 is 2.35 bits per heavy atom. The molecule has 2 aliphatic carbocycles. The van der Waals surface area contributed by atoms with Gasteiger partial charge in [0.25, 0.3) is 0 Å². The molecule has 0 aromatic carbocycles. The fraction of sp³-hybridized carbons (Fsp3) is 1.00. The van der Waals surface area contributed by atoms with Crippen LogP contribution in [-0.4, -0.2) is 19.5 Å². The zero-order valence-electron chi connectivity index (χ0n) is 11.7. The van der Waals surface area contributed by atoms with Gasteiger partial charge in [-0.3, -0.25) is 0 Å². The Bertz CT molecular complexity index is 302. The van der Waals surface area contributed by atoms with Crippen LogP contribution in [0.4, 0.5) is 0 Å². The lowest BCUT2D eigenvalue weighted by Gasteiger charge is -2.47. The summed E-state index contributed by atoms with van der Waals surface area (Å²) in [6.45, 7) is 11.3. The lowest BCUT2D eigenvalue weighted by Crippen LogP contribution is -2.49. The van der Waals surface area contributed by atoms with Crippen LogP contribution in [-0.2, 0) is 9.47 Å². The van der Waals surface area contributed by atoms with Crippen molar-refractivity contribution in [2.75, 3.05) is 13.2 Å². The van der Waals surface area contributed by atoms with Crippen molar-refractivity contribution in [1.29, 1.82) is 0 Å². The van der Waals surface area contributed by atoms with Gasteiger partial charge in [-0.05, 0) is 42.4 Å². The van der Waals surface area contributed by atoms with Gasteiger partial charge >= 0.3 is 0 Å². The summed E-state index contributed by atoms with van der Waals surface area (Å²) in [4.78, 5) is 0. The van der Waals surface area contributed by atoms with Gasteiger partial charge in [-0.1, -0.05) is 27.7 Å². The van der Waals surface area contributed by atoms with Crippen LogP contribution in [0.25, 0.3) is 0 Å². The molecule has 2 nitrogen and oxygen atoms in total. The first kappa shape index (κ1) is 12.0. The molecular formula is C15H26O2. The van der Waals surface area contributed by atoms with E-state index in [2.05, 4.69) is 27.7 Å². The molecule has 1 spiro atoms. The average molecular weight is 238 g/mol. The van der Waals surface area contributed by atoms with Gasteiger partial charge in [0.15, 0.2) is 6.29 Å². The van der Waals surface area contributed by atoms with Crippen molar-refractivity contribution in [1.82, 2.24) is 0 Å². The van der Waals surface area contributed by atoms with Gasteiger partial charge in [-0.2, -0.15) is 0 Å². The standard InChI is InChI=1S/C15H26O2/c1-5-12-16-8-15(9-17-12)10(2)6-7-11-13(15)14(11,3)4/h10-13H,5-9H2,1-4H3. The summed E-state index contributed by atoms with van der Waals surface area (Å²) in [5, 5.41) is 0. The number of hydrogen-bond acceptors (Lipinski definition) is 2. The Morgan fingerprint density at radius 1 is 1.12 bits per heavy atom. The van der Waals surface area contributed by atoms with Gasteiger partial charge in [-0.15, -0.1) is 0 Å². The van der Waals surface area contributed by atoms with Crippen LogP contribution in [0.5, 0.6) is 0 Å². The minimum Gasteiger partial charge on any atom is -0.352 e. The van der Waals surface area contributed by atoms with Crippen molar-refractivity contribution >= 4 is 0 Å². The molecule has 0 bridgehead atoms. The predicted molar refractivity (Wildman–Crippen MR) is 67.6 cm³/mol. The zero-order chi connectivity index (χ0) is 12.3. The van der Waals surface area contributed by atoms with E-state index in [4.69, 9.17) is 9.47 Å². The fourth-order valence-corrected chi connectivity index (χ4v) is 4.73. The molecule has 0 radical (unpaired) electrons. The van der Waals surface area contributed by atoms with Crippen molar-refractivity contribution < 1.29 is 9.47 Å². The second kappa shape index (κ2) is 3.71. The van der Waals surface area contributed by atoms with E-state index in [-0.39, 0.29) is 6.29 Å². The molecule has 1 saturated heterocycles. The van der Waals surface area contributed by atoms with E-state index in [1.54, 1.807) is 0 Å². The molecule has 98 valence electrons. The molecule has 0 N–H and O–H groups in total. The van der Waals surface area contributed by atoms with Crippen molar-refractivity contribution in [3.05, 3.63) is 0 Å². The molecule has 3 unspecified atom stereocenters. The Morgan fingerprint density at radius 2 is 1.76 bits per heavy atom. The molecule has 3 rings (SSSR count). The molecule has 3 aliphatic rings. The molecule has 1 aliphatic heterocycles. The van der Waals surface area contributed by atoms with E-state index >= 15 is 0 Å². The normalized spacial score (nSPS) is 52.2. The van der Waals surface area contributed by atoms with E-state index in [1.165, 1.54) is 12.8 Å². The summed E-state index contributed by atoms with van der Waals surface area (Å²) in [6.07, 6.45) is 3.79. The Labute approximate surface area is 105 Å². The molecular weight excluding hydrogens is 212 g/mol. The lowest BCUT2D eigenvalue weighted by atomic mass is 9.66. The van der Waals surface area contributed by atoms with Gasteiger partial charge in [0, 0.05) is 5.41 Å². The van der Waals surface area contributed by atoms with Crippen LogP contribution < -0.4 is 0 Å². The SMILES string of the molecule is CCC1OCC2(CO1)C(C)CCC1C2C1(C)C. The summed E-state index contributed by atoms with van der Waals surface area (Å²) in [6, 6.07) is 0. The highest BCUT2D eigenvalue weighted by molar-refractivity contribution is 5.17. The fourth-order valence-electron chi connectivity index (χ4n) is 4.73. The predicted octanol–water partition coefficient (Wildman–Crippen LogP) is 3.46. The summed E-state index contributed by atoms with van der Waals surface area (Å²) in [7, 11) is 0. The van der Waals surface area contributed by atoms with E-state index in [0.29, 0.717) is 10.8 Å². The van der Waals surface area contributed by atoms with Crippen LogP contribution in [0.2, 0.25) is 0 Å². The Hall–Kier alpha value is -0.0800. The maximum absolute atomic E-state index is 5.96. The highest BCUT2D eigenvalue weighted by Crippen LogP contribution is 2.72. The van der Waals surface area contributed by atoms with Crippen LogP contribution >= 0.6 is 0 Å². The number of ether oxygens (including phenoxy) is 2. The first-order valence-corrected chi connectivity index (χ1v) is 7.25. The Kier molecular flexibility index (Phi) is 2.61. The molecule has 0 aromatic heterocycles. The van der Waals surface area contributed by atoms with Crippen molar-refractivity contribution in [3.8, 4) is 0 Å².